The highest BCUT2D eigenvalue weighted by Crippen LogP contribution is 2.45. The van der Waals surface area contributed by atoms with Gasteiger partial charge in [-0.05, 0) is 60.3 Å². The molecular formula is C26H55N2O6P. The fraction of sp³-hybridized carbons (Fsp3) is 0.962. The van der Waals surface area contributed by atoms with Gasteiger partial charge in [0, 0.05) is 45.1 Å². The van der Waals surface area contributed by atoms with E-state index in [2.05, 4.69) is 58.1 Å². The molecule has 1 unspecified atom stereocenters. The molecule has 0 radical (unpaired) electrons. The van der Waals surface area contributed by atoms with Gasteiger partial charge in [-0.2, -0.15) is 0 Å². The number of aliphatic imine (C=N–C) groups is 1. The SMILES string of the molecule is CCCOCC(COCCC)(COCCC)COCCCOP(OC=NCC)N(C(C)C)C(C)C. The summed E-state index contributed by atoms with van der Waals surface area (Å²) in [5.74, 6) is 0. The van der Waals surface area contributed by atoms with Crippen LogP contribution in [-0.4, -0.2) is 89.2 Å². The van der Waals surface area contributed by atoms with Gasteiger partial charge in [0.05, 0.1) is 38.4 Å². The van der Waals surface area contributed by atoms with Crippen LogP contribution in [0.3, 0.4) is 0 Å². The Labute approximate surface area is 217 Å². The third-order valence-corrected chi connectivity index (χ3v) is 6.93. The molecule has 0 bridgehead atoms. The summed E-state index contributed by atoms with van der Waals surface area (Å²) in [6.07, 6.45) is 5.25. The highest BCUT2D eigenvalue weighted by molar-refractivity contribution is 7.45. The van der Waals surface area contributed by atoms with E-state index in [1.165, 1.54) is 6.40 Å². The first-order valence-corrected chi connectivity index (χ1v) is 14.7. The number of ether oxygens (including phenoxy) is 4. The van der Waals surface area contributed by atoms with E-state index in [9.17, 15) is 0 Å². The average Bonchev–Trinajstić information content (AvgIpc) is 2.81. The smallest absolute Gasteiger partial charge is 0.322 e. The van der Waals surface area contributed by atoms with Gasteiger partial charge in [-0.15, -0.1) is 0 Å². The summed E-state index contributed by atoms with van der Waals surface area (Å²) in [4.78, 5) is 4.19. The van der Waals surface area contributed by atoms with E-state index in [-0.39, 0.29) is 5.41 Å². The molecule has 0 amide bonds. The van der Waals surface area contributed by atoms with Crippen LogP contribution in [0.4, 0.5) is 0 Å². The molecule has 0 aliphatic heterocycles. The maximum atomic E-state index is 6.17. The monoisotopic (exact) mass is 522 g/mol. The highest BCUT2D eigenvalue weighted by atomic mass is 31.2. The van der Waals surface area contributed by atoms with Crippen molar-refractivity contribution in [1.82, 2.24) is 4.67 Å². The van der Waals surface area contributed by atoms with Crippen molar-refractivity contribution in [2.75, 3.05) is 66.0 Å². The zero-order valence-corrected chi connectivity index (χ0v) is 24.8. The van der Waals surface area contributed by atoms with Gasteiger partial charge in [0.1, 0.15) is 0 Å². The predicted octanol–water partition coefficient (Wildman–Crippen LogP) is 6.09. The van der Waals surface area contributed by atoms with Gasteiger partial charge in [-0.1, -0.05) is 20.8 Å². The first kappa shape index (κ1) is 34.7. The van der Waals surface area contributed by atoms with Gasteiger partial charge < -0.3 is 28.0 Å². The van der Waals surface area contributed by atoms with Crippen molar-refractivity contribution < 1.29 is 28.0 Å². The Kier molecular flexibility index (Phi) is 22.6. The minimum atomic E-state index is -1.22. The van der Waals surface area contributed by atoms with Crippen LogP contribution in [0.15, 0.2) is 4.99 Å². The summed E-state index contributed by atoms with van der Waals surface area (Å²) in [6.45, 7) is 23.2. The first-order chi connectivity index (χ1) is 16.9. The highest BCUT2D eigenvalue weighted by Gasteiger charge is 2.32. The lowest BCUT2D eigenvalue weighted by Gasteiger charge is -2.34. The predicted molar refractivity (Wildman–Crippen MR) is 146 cm³/mol. The average molecular weight is 523 g/mol. The second-order valence-electron chi connectivity index (χ2n) is 9.41. The lowest BCUT2D eigenvalue weighted by Crippen LogP contribution is -2.42. The van der Waals surface area contributed by atoms with Crippen molar-refractivity contribution in [3.8, 4) is 0 Å². The quantitative estimate of drug-likeness (QED) is 0.0622. The van der Waals surface area contributed by atoms with E-state index in [1.54, 1.807) is 0 Å². The Bertz CT molecular complexity index is 462. The van der Waals surface area contributed by atoms with E-state index in [0.29, 0.717) is 58.3 Å². The molecule has 9 heteroatoms. The largest absolute Gasteiger partial charge is 0.425 e. The maximum absolute atomic E-state index is 6.17. The number of hydrogen-bond acceptors (Lipinski definition) is 8. The fourth-order valence-electron chi connectivity index (χ4n) is 3.41. The maximum Gasteiger partial charge on any atom is 0.322 e. The van der Waals surface area contributed by atoms with Crippen molar-refractivity contribution in [2.45, 2.75) is 93.2 Å². The van der Waals surface area contributed by atoms with E-state index in [0.717, 1.165) is 45.5 Å². The van der Waals surface area contributed by atoms with Crippen LogP contribution in [-0.2, 0) is 28.0 Å². The van der Waals surface area contributed by atoms with Crippen LogP contribution >= 0.6 is 8.53 Å². The van der Waals surface area contributed by atoms with Crippen molar-refractivity contribution in [1.29, 1.82) is 0 Å². The van der Waals surface area contributed by atoms with Gasteiger partial charge in [0.2, 0.25) is 0 Å². The molecule has 0 saturated heterocycles. The van der Waals surface area contributed by atoms with Crippen molar-refractivity contribution >= 4 is 14.9 Å². The third kappa shape index (κ3) is 16.9. The Balaban J connectivity index is 4.87. The molecule has 8 nitrogen and oxygen atoms in total. The number of hydrogen-bond donors (Lipinski definition) is 0. The third-order valence-electron chi connectivity index (χ3n) is 4.95. The van der Waals surface area contributed by atoms with Crippen molar-refractivity contribution in [3.63, 3.8) is 0 Å². The Morgan fingerprint density at radius 3 is 1.57 bits per heavy atom. The summed E-state index contributed by atoms with van der Waals surface area (Å²) < 4.78 is 38.3. The molecule has 210 valence electrons. The molecule has 35 heavy (non-hydrogen) atoms. The Morgan fingerprint density at radius 2 is 1.17 bits per heavy atom. The summed E-state index contributed by atoms with van der Waals surface area (Å²) in [6, 6.07) is 0.615. The van der Waals surface area contributed by atoms with E-state index >= 15 is 0 Å². The normalized spacial score (nSPS) is 13.6. The van der Waals surface area contributed by atoms with Crippen LogP contribution in [0.2, 0.25) is 0 Å². The minimum absolute atomic E-state index is 0.307. The van der Waals surface area contributed by atoms with Crippen LogP contribution in [0.1, 0.15) is 81.1 Å². The van der Waals surface area contributed by atoms with Gasteiger partial charge >= 0.3 is 8.53 Å². The summed E-state index contributed by atoms with van der Waals surface area (Å²) in [5, 5.41) is 0. The van der Waals surface area contributed by atoms with E-state index in [4.69, 9.17) is 28.0 Å². The molecule has 0 aromatic carbocycles. The number of nitrogens with zero attached hydrogens (tertiary/aromatic N) is 2. The molecule has 0 rings (SSSR count). The molecule has 0 spiro atoms. The van der Waals surface area contributed by atoms with Crippen LogP contribution < -0.4 is 0 Å². The molecule has 0 aliphatic rings. The van der Waals surface area contributed by atoms with Crippen LogP contribution in [0.5, 0.6) is 0 Å². The second kappa shape index (κ2) is 22.8. The molecule has 0 saturated carbocycles. The molecule has 0 heterocycles. The standard InChI is InChI=1S/C26H55N2O6P/c1-9-14-29-19-26(20-30-15-10-2,21-31-16-11-3)22-32-17-13-18-33-35(34-23-27-12-4)28(24(5)6)25(7)8/h23-25H,9-22H2,1-8H3. The molecule has 0 aliphatic carbocycles. The topological polar surface area (TPSA) is 71.0 Å². The van der Waals surface area contributed by atoms with Gasteiger partial charge in [0.25, 0.3) is 0 Å². The van der Waals surface area contributed by atoms with E-state index in [1.807, 2.05) is 6.92 Å². The zero-order chi connectivity index (χ0) is 26.4. The Morgan fingerprint density at radius 1 is 0.714 bits per heavy atom. The van der Waals surface area contributed by atoms with Gasteiger partial charge in [0.15, 0.2) is 6.40 Å². The Hall–Kier alpha value is -0.340. The fourth-order valence-corrected chi connectivity index (χ4v) is 4.90. The zero-order valence-electron chi connectivity index (χ0n) is 23.9. The van der Waals surface area contributed by atoms with Gasteiger partial charge in [-0.3, -0.25) is 4.99 Å². The molecule has 0 N–H and O–H groups in total. The summed E-state index contributed by atoms with van der Waals surface area (Å²) in [7, 11) is -1.22. The minimum Gasteiger partial charge on any atom is -0.425 e. The lowest BCUT2D eigenvalue weighted by molar-refractivity contribution is -0.107. The molecular weight excluding hydrogens is 467 g/mol. The lowest BCUT2D eigenvalue weighted by atomic mass is 9.92. The van der Waals surface area contributed by atoms with Crippen LogP contribution in [0.25, 0.3) is 0 Å². The van der Waals surface area contributed by atoms with Crippen molar-refractivity contribution in [3.05, 3.63) is 0 Å². The molecule has 0 aromatic heterocycles. The first-order valence-electron chi connectivity index (χ1n) is 13.5. The van der Waals surface area contributed by atoms with E-state index < -0.39 is 8.53 Å². The van der Waals surface area contributed by atoms with Crippen molar-refractivity contribution in [2.24, 2.45) is 10.4 Å². The summed E-state index contributed by atoms with van der Waals surface area (Å²) in [5.41, 5.74) is -0.307. The van der Waals surface area contributed by atoms with Crippen LogP contribution in [0, 0.1) is 5.41 Å². The van der Waals surface area contributed by atoms with Gasteiger partial charge in [-0.25, -0.2) is 4.67 Å². The summed E-state index contributed by atoms with van der Waals surface area (Å²) >= 11 is 0. The molecule has 0 fully saturated rings. The molecule has 1 atom stereocenters. The molecule has 0 aromatic rings. The number of rotatable bonds is 25. The second-order valence-corrected chi connectivity index (χ2v) is 10.8.